The van der Waals surface area contributed by atoms with Crippen molar-refractivity contribution in [2.45, 2.75) is 39.0 Å². The van der Waals surface area contributed by atoms with Gasteiger partial charge in [0, 0.05) is 23.5 Å². The lowest BCUT2D eigenvalue weighted by Crippen LogP contribution is -2.24. The fourth-order valence-corrected chi connectivity index (χ4v) is 3.08. The topological polar surface area (TPSA) is 42.0 Å². The Balaban J connectivity index is 1.67. The number of amides is 1. The molecular formula is C19H22N2O. The van der Waals surface area contributed by atoms with Crippen molar-refractivity contribution in [1.82, 2.24) is 4.98 Å². The number of nitrogens with one attached hydrogen (secondary N) is 1. The van der Waals surface area contributed by atoms with Crippen LogP contribution < -0.4 is 5.32 Å². The van der Waals surface area contributed by atoms with E-state index in [-0.39, 0.29) is 11.8 Å². The standard InChI is InChI=1S/C19H22N2O/c1-14-13-17(11-12-20-14)15-7-9-18(10-8-15)21-19(22)16-5-3-2-4-6-16/h7-13,16H,2-6H2,1H3,(H,21,22). The van der Waals surface area contributed by atoms with Crippen LogP contribution in [0.3, 0.4) is 0 Å². The van der Waals surface area contributed by atoms with E-state index in [1.807, 2.05) is 43.5 Å². The van der Waals surface area contributed by atoms with Crippen LogP contribution in [0, 0.1) is 12.8 Å². The molecule has 1 amide bonds. The van der Waals surface area contributed by atoms with Gasteiger partial charge in [-0.25, -0.2) is 0 Å². The largest absolute Gasteiger partial charge is 0.326 e. The summed E-state index contributed by atoms with van der Waals surface area (Å²) in [6, 6.07) is 12.1. The number of hydrogen-bond donors (Lipinski definition) is 1. The minimum absolute atomic E-state index is 0.173. The molecular weight excluding hydrogens is 272 g/mol. The molecule has 0 saturated heterocycles. The third-order valence-electron chi connectivity index (χ3n) is 4.36. The van der Waals surface area contributed by atoms with Gasteiger partial charge in [-0.2, -0.15) is 0 Å². The van der Waals surface area contributed by atoms with Crippen LogP contribution in [0.1, 0.15) is 37.8 Å². The molecule has 114 valence electrons. The van der Waals surface area contributed by atoms with Gasteiger partial charge in [-0.1, -0.05) is 31.4 Å². The van der Waals surface area contributed by atoms with Crippen molar-refractivity contribution in [2.24, 2.45) is 5.92 Å². The van der Waals surface area contributed by atoms with Crippen molar-refractivity contribution in [2.75, 3.05) is 5.32 Å². The fourth-order valence-electron chi connectivity index (χ4n) is 3.08. The van der Waals surface area contributed by atoms with E-state index in [0.717, 1.165) is 35.3 Å². The van der Waals surface area contributed by atoms with Crippen molar-refractivity contribution < 1.29 is 4.79 Å². The zero-order valence-electron chi connectivity index (χ0n) is 13.0. The fraction of sp³-hybridized carbons (Fsp3) is 0.368. The quantitative estimate of drug-likeness (QED) is 0.900. The summed E-state index contributed by atoms with van der Waals surface area (Å²) in [5.41, 5.74) is 4.18. The van der Waals surface area contributed by atoms with Gasteiger partial charge in [0.2, 0.25) is 5.91 Å². The van der Waals surface area contributed by atoms with E-state index >= 15 is 0 Å². The molecule has 0 bridgehead atoms. The molecule has 1 heterocycles. The van der Waals surface area contributed by atoms with Gasteiger partial charge in [-0.15, -0.1) is 0 Å². The molecule has 0 spiro atoms. The summed E-state index contributed by atoms with van der Waals surface area (Å²) < 4.78 is 0. The van der Waals surface area contributed by atoms with Crippen LogP contribution >= 0.6 is 0 Å². The van der Waals surface area contributed by atoms with Gasteiger partial charge in [0.1, 0.15) is 0 Å². The summed E-state index contributed by atoms with van der Waals surface area (Å²) in [5, 5.41) is 3.05. The predicted molar refractivity (Wildman–Crippen MR) is 89.6 cm³/mol. The molecule has 22 heavy (non-hydrogen) atoms. The van der Waals surface area contributed by atoms with Crippen molar-refractivity contribution in [1.29, 1.82) is 0 Å². The first-order valence-electron chi connectivity index (χ1n) is 8.06. The minimum atomic E-state index is 0.173. The first-order chi connectivity index (χ1) is 10.7. The Labute approximate surface area is 131 Å². The second-order valence-electron chi connectivity index (χ2n) is 6.09. The minimum Gasteiger partial charge on any atom is -0.326 e. The summed E-state index contributed by atoms with van der Waals surface area (Å²) in [6.45, 7) is 1.99. The molecule has 1 N–H and O–H groups in total. The number of nitrogens with zero attached hydrogens (tertiary/aromatic N) is 1. The second kappa shape index (κ2) is 6.73. The maximum Gasteiger partial charge on any atom is 0.227 e. The first kappa shape index (κ1) is 14.8. The van der Waals surface area contributed by atoms with Crippen LogP contribution in [0.25, 0.3) is 11.1 Å². The summed E-state index contributed by atoms with van der Waals surface area (Å²) in [4.78, 5) is 16.5. The van der Waals surface area contributed by atoms with Gasteiger partial charge in [-0.3, -0.25) is 9.78 Å². The van der Waals surface area contributed by atoms with Gasteiger partial charge >= 0.3 is 0 Å². The van der Waals surface area contributed by atoms with Crippen molar-refractivity contribution in [3.63, 3.8) is 0 Å². The van der Waals surface area contributed by atoms with Gasteiger partial charge in [0.05, 0.1) is 0 Å². The average molecular weight is 294 g/mol. The van der Waals surface area contributed by atoms with E-state index in [4.69, 9.17) is 0 Å². The van der Waals surface area contributed by atoms with E-state index < -0.39 is 0 Å². The molecule has 1 aromatic carbocycles. The Morgan fingerprint density at radius 2 is 1.77 bits per heavy atom. The zero-order valence-corrected chi connectivity index (χ0v) is 13.0. The van der Waals surface area contributed by atoms with E-state index in [0.29, 0.717) is 0 Å². The number of aryl methyl sites for hydroxylation is 1. The highest BCUT2D eigenvalue weighted by molar-refractivity contribution is 5.92. The highest BCUT2D eigenvalue weighted by Crippen LogP contribution is 2.26. The predicted octanol–water partition coefficient (Wildman–Crippen LogP) is 4.58. The lowest BCUT2D eigenvalue weighted by atomic mass is 9.88. The maximum absolute atomic E-state index is 12.2. The lowest BCUT2D eigenvalue weighted by Gasteiger charge is -2.20. The van der Waals surface area contributed by atoms with Crippen LogP contribution in [0.4, 0.5) is 5.69 Å². The molecule has 1 aromatic heterocycles. The Bertz CT molecular complexity index is 643. The average Bonchev–Trinajstić information content (AvgIpc) is 2.56. The van der Waals surface area contributed by atoms with Crippen LogP contribution in [0.5, 0.6) is 0 Å². The summed E-state index contributed by atoms with van der Waals surface area (Å²) in [5.74, 6) is 0.364. The van der Waals surface area contributed by atoms with Crippen LogP contribution in [-0.2, 0) is 4.79 Å². The van der Waals surface area contributed by atoms with Crippen LogP contribution in [-0.4, -0.2) is 10.9 Å². The summed E-state index contributed by atoms with van der Waals surface area (Å²) in [6.07, 6.45) is 7.50. The van der Waals surface area contributed by atoms with Crippen molar-refractivity contribution in [3.05, 3.63) is 48.3 Å². The maximum atomic E-state index is 12.2. The molecule has 0 unspecified atom stereocenters. The third kappa shape index (κ3) is 3.53. The number of pyridine rings is 1. The van der Waals surface area contributed by atoms with Crippen molar-refractivity contribution >= 4 is 11.6 Å². The Hall–Kier alpha value is -2.16. The van der Waals surface area contributed by atoms with E-state index in [9.17, 15) is 4.79 Å². The summed E-state index contributed by atoms with van der Waals surface area (Å²) >= 11 is 0. The molecule has 3 nitrogen and oxygen atoms in total. The highest BCUT2D eigenvalue weighted by atomic mass is 16.1. The third-order valence-corrected chi connectivity index (χ3v) is 4.36. The van der Waals surface area contributed by atoms with E-state index in [2.05, 4.69) is 16.4 Å². The smallest absolute Gasteiger partial charge is 0.227 e. The van der Waals surface area contributed by atoms with Gasteiger partial charge in [-0.05, 0) is 55.2 Å². The molecule has 1 fully saturated rings. The number of rotatable bonds is 3. The molecule has 0 aliphatic heterocycles. The molecule has 1 aliphatic rings. The molecule has 1 saturated carbocycles. The Morgan fingerprint density at radius 3 is 2.45 bits per heavy atom. The number of aromatic nitrogens is 1. The summed E-state index contributed by atoms with van der Waals surface area (Å²) in [7, 11) is 0. The second-order valence-corrected chi connectivity index (χ2v) is 6.09. The molecule has 1 aliphatic carbocycles. The van der Waals surface area contributed by atoms with Crippen LogP contribution in [0.15, 0.2) is 42.6 Å². The molecule has 2 aromatic rings. The lowest BCUT2D eigenvalue weighted by molar-refractivity contribution is -0.120. The Kier molecular flexibility index (Phi) is 4.52. The van der Waals surface area contributed by atoms with E-state index in [1.54, 1.807) is 0 Å². The normalized spacial score (nSPS) is 15.5. The van der Waals surface area contributed by atoms with Gasteiger partial charge in [0.25, 0.3) is 0 Å². The van der Waals surface area contributed by atoms with Gasteiger partial charge < -0.3 is 5.32 Å². The highest BCUT2D eigenvalue weighted by Gasteiger charge is 2.20. The SMILES string of the molecule is Cc1cc(-c2ccc(NC(=O)C3CCCCC3)cc2)ccn1. The number of anilines is 1. The van der Waals surface area contributed by atoms with Crippen molar-refractivity contribution in [3.8, 4) is 11.1 Å². The number of carbonyl (C=O) groups is 1. The Morgan fingerprint density at radius 1 is 1.05 bits per heavy atom. The zero-order chi connectivity index (χ0) is 15.4. The van der Waals surface area contributed by atoms with E-state index in [1.165, 1.54) is 19.3 Å². The van der Waals surface area contributed by atoms with Crippen LogP contribution in [0.2, 0.25) is 0 Å². The first-order valence-corrected chi connectivity index (χ1v) is 8.06. The monoisotopic (exact) mass is 294 g/mol. The molecule has 3 rings (SSSR count). The molecule has 0 radical (unpaired) electrons. The molecule has 3 heteroatoms. The number of hydrogen-bond acceptors (Lipinski definition) is 2. The number of benzene rings is 1. The number of carbonyl (C=O) groups excluding carboxylic acids is 1. The molecule has 0 atom stereocenters. The van der Waals surface area contributed by atoms with Gasteiger partial charge in [0.15, 0.2) is 0 Å².